The molecule has 0 unspecified atom stereocenters. The zero-order valence-electron chi connectivity index (χ0n) is 14.9. The molecular formula is C19H22FNO4S2. The van der Waals surface area contributed by atoms with Crippen LogP contribution >= 0.6 is 0 Å². The lowest BCUT2D eigenvalue weighted by atomic mass is 10.2. The van der Waals surface area contributed by atoms with Crippen molar-refractivity contribution in [2.75, 3.05) is 11.5 Å². The molecule has 146 valence electrons. The van der Waals surface area contributed by atoms with Crippen LogP contribution in [0.1, 0.15) is 18.1 Å². The van der Waals surface area contributed by atoms with E-state index in [0.29, 0.717) is 5.56 Å². The van der Waals surface area contributed by atoms with Gasteiger partial charge in [0.05, 0.1) is 21.7 Å². The SMILES string of the molecule is CCc1ccc(S(=O)(=O)[C@H]2CS(=O)(=O)C[C@@H]2NCc2ccccc2F)cc1. The minimum absolute atomic E-state index is 0.0631. The number of nitrogens with one attached hydrogen (secondary N) is 1. The maximum absolute atomic E-state index is 13.8. The van der Waals surface area contributed by atoms with Gasteiger partial charge in [0.1, 0.15) is 5.82 Å². The molecule has 0 radical (unpaired) electrons. The second-order valence-corrected chi connectivity index (χ2v) is 11.1. The Morgan fingerprint density at radius 1 is 1.07 bits per heavy atom. The molecule has 1 aliphatic rings. The van der Waals surface area contributed by atoms with Crippen LogP contribution in [-0.2, 0) is 32.6 Å². The van der Waals surface area contributed by atoms with Crippen molar-refractivity contribution < 1.29 is 21.2 Å². The van der Waals surface area contributed by atoms with Crippen molar-refractivity contribution in [1.29, 1.82) is 0 Å². The summed E-state index contributed by atoms with van der Waals surface area (Å²) in [6.45, 7) is 2.03. The quantitative estimate of drug-likeness (QED) is 0.788. The summed E-state index contributed by atoms with van der Waals surface area (Å²) in [4.78, 5) is 0.111. The summed E-state index contributed by atoms with van der Waals surface area (Å²) in [7, 11) is -7.33. The zero-order valence-corrected chi connectivity index (χ0v) is 16.6. The molecule has 1 N–H and O–H groups in total. The first-order chi connectivity index (χ1) is 12.7. The molecule has 5 nitrogen and oxygen atoms in total. The predicted octanol–water partition coefficient (Wildman–Crippen LogP) is 2.12. The maximum atomic E-state index is 13.8. The van der Waals surface area contributed by atoms with Gasteiger partial charge in [0.25, 0.3) is 0 Å². The van der Waals surface area contributed by atoms with Gasteiger partial charge in [-0.15, -0.1) is 0 Å². The average Bonchev–Trinajstić information content (AvgIpc) is 2.96. The molecule has 2 atom stereocenters. The van der Waals surface area contributed by atoms with E-state index in [2.05, 4.69) is 5.32 Å². The van der Waals surface area contributed by atoms with Crippen LogP contribution in [0.3, 0.4) is 0 Å². The molecule has 1 saturated heterocycles. The highest BCUT2D eigenvalue weighted by atomic mass is 32.2. The maximum Gasteiger partial charge on any atom is 0.183 e. The number of rotatable bonds is 6. The first-order valence-electron chi connectivity index (χ1n) is 8.73. The van der Waals surface area contributed by atoms with Crippen LogP contribution in [0.5, 0.6) is 0 Å². The van der Waals surface area contributed by atoms with Gasteiger partial charge < -0.3 is 5.32 Å². The molecule has 0 aromatic heterocycles. The fourth-order valence-electron chi connectivity index (χ4n) is 3.28. The van der Waals surface area contributed by atoms with E-state index >= 15 is 0 Å². The van der Waals surface area contributed by atoms with Crippen LogP contribution in [0, 0.1) is 5.82 Å². The van der Waals surface area contributed by atoms with Crippen molar-refractivity contribution in [3.8, 4) is 0 Å². The molecule has 0 saturated carbocycles. The summed E-state index contributed by atoms with van der Waals surface area (Å²) in [6.07, 6.45) is 0.783. The van der Waals surface area contributed by atoms with E-state index in [1.807, 2.05) is 6.92 Å². The molecule has 0 aliphatic carbocycles. The Morgan fingerprint density at radius 3 is 2.37 bits per heavy atom. The summed E-state index contributed by atoms with van der Waals surface area (Å²) in [5.41, 5.74) is 1.37. The van der Waals surface area contributed by atoms with Crippen molar-refractivity contribution in [3.05, 3.63) is 65.5 Å². The highest BCUT2D eigenvalue weighted by molar-refractivity contribution is 7.96. The first-order valence-corrected chi connectivity index (χ1v) is 12.1. The molecule has 2 aromatic rings. The van der Waals surface area contributed by atoms with Crippen molar-refractivity contribution in [1.82, 2.24) is 5.32 Å². The summed E-state index contributed by atoms with van der Waals surface area (Å²) >= 11 is 0. The fraction of sp³-hybridized carbons (Fsp3) is 0.368. The van der Waals surface area contributed by atoms with Crippen molar-refractivity contribution in [2.24, 2.45) is 0 Å². The molecule has 1 aliphatic heterocycles. The third-order valence-corrected chi connectivity index (χ3v) is 9.04. The van der Waals surface area contributed by atoms with Crippen LogP contribution in [0.25, 0.3) is 0 Å². The van der Waals surface area contributed by atoms with Gasteiger partial charge in [0.15, 0.2) is 19.7 Å². The Morgan fingerprint density at radius 2 is 1.74 bits per heavy atom. The third kappa shape index (κ3) is 4.39. The van der Waals surface area contributed by atoms with Crippen LogP contribution in [-0.4, -0.2) is 39.6 Å². The first kappa shape index (κ1) is 20.0. The molecule has 1 fully saturated rings. The van der Waals surface area contributed by atoms with Crippen molar-refractivity contribution in [3.63, 3.8) is 0 Å². The van der Waals surface area contributed by atoms with Crippen molar-refractivity contribution in [2.45, 2.75) is 36.1 Å². The molecule has 1 heterocycles. The minimum Gasteiger partial charge on any atom is -0.307 e. The minimum atomic E-state index is -3.83. The topological polar surface area (TPSA) is 80.3 Å². The smallest absolute Gasteiger partial charge is 0.183 e. The Labute approximate surface area is 159 Å². The Bertz CT molecular complexity index is 1020. The standard InChI is InChI=1S/C19H22FNO4S2/c1-2-14-7-9-16(10-8-14)27(24,25)19-13-26(22,23)12-18(19)21-11-15-5-3-4-6-17(15)20/h3-10,18-19,21H,2,11-13H2,1H3/t18-,19-/m0/s1. The number of aryl methyl sites for hydroxylation is 1. The number of sulfone groups is 2. The predicted molar refractivity (Wildman–Crippen MR) is 102 cm³/mol. The number of benzene rings is 2. The summed E-state index contributed by atoms with van der Waals surface area (Å²) in [5, 5.41) is 1.85. The Kier molecular flexibility index (Phi) is 5.69. The van der Waals surface area contributed by atoms with Gasteiger partial charge in [-0.1, -0.05) is 37.3 Å². The number of halogens is 1. The molecule has 3 rings (SSSR count). The fourth-order valence-corrected chi connectivity index (χ4v) is 8.00. The van der Waals surface area contributed by atoms with Gasteiger partial charge in [0.2, 0.25) is 0 Å². The second-order valence-electron chi connectivity index (χ2n) is 6.74. The van der Waals surface area contributed by atoms with Gasteiger partial charge in [0, 0.05) is 18.2 Å². The van der Waals surface area contributed by atoms with Crippen LogP contribution in [0.2, 0.25) is 0 Å². The lowest BCUT2D eigenvalue weighted by molar-refractivity contribution is 0.515. The lowest BCUT2D eigenvalue weighted by Crippen LogP contribution is -2.43. The summed E-state index contributed by atoms with van der Waals surface area (Å²) in [6, 6.07) is 11.9. The van der Waals surface area contributed by atoms with Gasteiger partial charge in [-0.25, -0.2) is 21.2 Å². The van der Waals surface area contributed by atoms with Gasteiger partial charge >= 0.3 is 0 Å². The zero-order chi connectivity index (χ0) is 19.7. The Hall–Kier alpha value is -1.77. The van der Waals surface area contributed by atoms with E-state index in [4.69, 9.17) is 0 Å². The van der Waals surface area contributed by atoms with E-state index in [0.717, 1.165) is 12.0 Å². The molecule has 0 bridgehead atoms. The lowest BCUT2D eigenvalue weighted by Gasteiger charge is -2.20. The van der Waals surface area contributed by atoms with Gasteiger partial charge in [-0.2, -0.15) is 0 Å². The van der Waals surface area contributed by atoms with E-state index in [-0.39, 0.29) is 17.2 Å². The highest BCUT2D eigenvalue weighted by Crippen LogP contribution is 2.26. The van der Waals surface area contributed by atoms with E-state index in [1.165, 1.54) is 18.2 Å². The highest BCUT2D eigenvalue weighted by Gasteiger charge is 2.45. The molecule has 8 heteroatoms. The number of hydrogen-bond donors (Lipinski definition) is 1. The van der Waals surface area contributed by atoms with Crippen molar-refractivity contribution >= 4 is 19.7 Å². The van der Waals surface area contributed by atoms with Gasteiger partial charge in [-0.3, -0.25) is 0 Å². The summed E-state index contributed by atoms with van der Waals surface area (Å²) in [5.74, 6) is -1.13. The Balaban J connectivity index is 1.85. The van der Waals surface area contributed by atoms with E-state index in [9.17, 15) is 21.2 Å². The monoisotopic (exact) mass is 411 g/mol. The van der Waals surface area contributed by atoms with Crippen LogP contribution in [0.15, 0.2) is 53.4 Å². The summed E-state index contributed by atoms with van der Waals surface area (Å²) < 4.78 is 64.1. The average molecular weight is 412 g/mol. The molecule has 27 heavy (non-hydrogen) atoms. The van der Waals surface area contributed by atoms with E-state index in [1.54, 1.807) is 30.3 Å². The van der Waals surface area contributed by atoms with Crippen LogP contribution < -0.4 is 5.32 Å². The normalized spacial score (nSPS) is 22.0. The number of hydrogen-bond acceptors (Lipinski definition) is 5. The van der Waals surface area contributed by atoms with E-state index < -0.39 is 42.5 Å². The second kappa shape index (κ2) is 7.69. The van der Waals surface area contributed by atoms with Gasteiger partial charge in [-0.05, 0) is 30.2 Å². The van der Waals surface area contributed by atoms with Crippen LogP contribution in [0.4, 0.5) is 4.39 Å². The third-order valence-electron chi connectivity index (χ3n) is 4.87. The largest absolute Gasteiger partial charge is 0.307 e. The molecular weight excluding hydrogens is 389 g/mol. The molecule has 0 amide bonds. The molecule has 2 aromatic carbocycles. The molecule has 0 spiro atoms.